The van der Waals surface area contributed by atoms with Crippen molar-refractivity contribution in [2.75, 3.05) is 19.1 Å². The lowest BCUT2D eigenvalue weighted by Gasteiger charge is -2.15. The van der Waals surface area contributed by atoms with Gasteiger partial charge < -0.3 is 5.32 Å². The van der Waals surface area contributed by atoms with Crippen molar-refractivity contribution in [3.05, 3.63) is 33.8 Å². The number of thioether (sulfide) groups is 1. The third-order valence-corrected chi connectivity index (χ3v) is 3.72. The Labute approximate surface area is 106 Å². The van der Waals surface area contributed by atoms with E-state index in [4.69, 9.17) is 23.2 Å². The van der Waals surface area contributed by atoms with Gasteiger partial charge in [0.1, 0.15) is 0 Å². The van der Waals surface area contributed by atoms with Gasteiger partial charge >= 0.3 is 0 Å². The van der Waals surface area contributed by atoms with E-state index in [0.29, 0.717) is 16.1 Å². The molecule has 0 bridgehead atoms. The first-order valence-corrected chi connectivity index (χ1v) is 6.92. The second-order valence-electron chi connectivity index (χ2n) is 3.39. The predicted molar refractivity (Wildman–Crippen MR) is 71.4 cm³/mol. The summed E-state index contributed by atoms with van der Waals surface area (Å²) < 4.78 is 0. The summed E-state index contributed by atoms with van der Waals surface area (Å²) >= 11 is 13.7. The third-order valence-electron chi connectivity index (χ3n) is 2.24. The maximum absolute atomic E-state index is 5.96. The smallest absolute Gasteiger partial charge is 0.0595 e. The van der Waals surface area contributed by atoms with Crippen LogP contribution in [-0.2, 0) is 6.42 Å². The van der Waals surface area contributed by atoms with Gasteiger partial charge in [0.2, 0.25) is 0 Å². The van der Waals surface area contributed by atoms with Crippen LogP contribution in [0.4, 0.5) is 0 Å². The van der Waals surface area contributed by atoms with Crippen LogP contribution in [-0.4, -0.2) is 25.1 Å². The number of benzene rings is 1. The van der Waals surface area contributed by atoms with Crippen LogP contribution in [0.1, 0.15) is 5.56 Å². The summed E-state index contributed by atoms with van der Waals surface area (Å²) in [6.45, 7) is 0. The van der Waals surface area contributed by atoms with Crippen LogP contribution in [0.5, 0.6) is 0 Å². The molecule has 0 aliphatic rings. The fraction of sp³-hybridized carbons (Fsp3) is 0.455. The lowest BCUT2D eigenvalue weighted by molar-refractivity contribution is 0.617. The van der Waals surface area contributed by atoms with E-state index in [-0.39, 0.29) is 0 Å². The normalized spacial score (nSPS) is 12.8. The monoisotopic (exact) mass is 263 g/mol. The Hall–Kier alpha value is 0.110. The molecule has 0 amide bonds. The van der Waals surface area contributed by atoms with Gasteiger partial charge in [0.05, 0.1) is 10.0 Å². The molecule has 15 heavy (non-hydrogen) atoms. The quantitative estimate of drug-likeness (QED) is 0.873. The molecule has 1 N–H and O–H groups in total. The van der Waals surface area contributed by atoms with Crippen molar-refractivity contribution in [1.29, 1.82) is 0 Å². The van der Waals surface area contributed by atoms with E-state index in [2.05, 4.69) is 11.6 Å². The van der Waals surface area contributed by atoms with E-state index in [9.17, 15) is 0 Å². The van der Waals surface area contributed by atoms with Crippen LogP contribution >= 0.6 is 35.0 Å². The topological polar surface area (TPSA) is 12.0 Å². The Morgan fingerprint density at radius 3 is 2.60 bits per heavy atom. The van der Waals surface area contributed by atoms with Crippen molar-refractivity contribution in [2.24, 2.45) is 0 Å². The highest BCUT2D eigenvalue weighted by molar-refractivity contribution is 7.98. The minimum atomic E-state index is 0.484. The maximum Gasteiger partial charge on any atom is 0.0595 e. The third kappa shape index (κ3) is 4.23. The van der Waals surface area contributed by atoms with E-state index in [1.165, 1.54) is 5.56 Å². The van der Waals surface area contributed by atoms with E-state index in [1.807, 2.05) is 37.0 Å². The van der Waals surface area contributed by atoms with Crippen LogP contribution in [0.2, 0.25) is 10.0 Å². The molecular weight excluding hydrogens is 249 g/mol. The molecule has 0 radical (unpaired) electrons. The predicted octanol–water partition coefficient (Wildman–Crippen LogP) is 3.49. The standard InChI is InChI=1S/C11H15Cl2NS/c1-14-9(7-15-2)5-8-3-4-10(12)11(13)6-8/h3-4,6,9,14H,5,7H2,1-2H3. The van der Waals surface area contributed by atoms with Crippen molar-refractivity contribution in [3.8, 4) is 0 Å². The average molecular weight is 264 g/mol. The summed E-state index contributed by atoms with van der Waals surface area (Å²) in [5.74, 6) is 1.09. The highest BCUT2D eigenvalue weighted by atomic mass is 35.5. The van der Waals surface area contributed by atoms with Crippen LogP contribution in [0.3, 0.4) is 0 Å². The molecule has 4 heteroatoms. The van der Waals surface area contributed by atoms with Gasteiger partial charge in [-0.1, -0.05) is 29.3 Å². The molecule has 1 rings (SSSR count). The summed E-state index contributed by atoms with van der Waals surface area (Å²) in [5.41, 5.74) is 1.22. The molecule has 0 saturated carbocycles. The zero-order valence-corrected chi connectivity index (χ0v) is 11.2. The number of hydrogen-bond donors (Lipinski definition) is 1. The van der Waals surface area contributed by atoms with Gasteiger partial charge in [0.15, 0.2) is 0 Å². The van der Waals surface area contributed by atoms with Crippen LogP contribution in [0.25, 0.3) is 0 Å². The molecule has 0 aromatic heterocycles. The molecule has 0 heterocycles. The zero-order chi connectivity index (χ0) is 11.3. The van der Waals surface area contributed by atoms with Gasteiger partial charge in [0, 0.05) is 11.8 Å². The van der Waals surface area contributed by atoms with Crippen molar-refractivity contribution in [1.82, 2.24) is 5.32 Å². The van der Waals surface area contributed by atoms with E-state index >= 15 is 0 Å². The molecule has 0 aliphatic carbocycles. The van der Waals surface area contributed by atoms with Gasteiger partial charge in [-0.15, -0.1) is 0 Å². The lowest BCUT2D eigenvalue weighted by atomic mass is 10.1. The number of likely N-dealkylation sites (N-methyl/N-ethyl adjacent to an activating group) is 1. The van der Waals surface area contributed by atoms with Gasteiger partial charge in [-0.2, -0.15) is 11.8 Å². The molecule has 0 fully saturated rings. The SMILES string of the molecule is CNC(CSC)Cc1ccc(Cl)c(Cl)c1. The van der Waals surface area contributed by atoms with E-state index in [0.717, 1.165) is 12.2 Å². The highest BCUT2D eigenvalue weighted by Crippen LogP contribution is 2.23. The van der Waals surface area contributed by atoms with E-state index < -0.39 is 0 Å². The van der Waals surface area contributed by atoms with Gasteiger partial charge in [-0.25, -0.2) is 0 Å². The van der Waals surface area contributed by atoms with Crippen molar-refractivity contribution >= 4 is 35.0 Å². The Bertz CT molecular complexity index is 317. The maximum atomic E-state index is 5.96. The van der Waals surface area contributed by atoms with Crippen LogP contribution in [0.15, 0.2) is 18.2 Å². The Morgan fingerprint density at radius 1 is 1.33 bits per heavy atom. The molecular formula is C11H15Cl2NS. The number of halogens is 2. The molecule has 84 valence electrons. The minimum absolute atomic E-state index is 0.484. The Kier molecular flexibility index (Phi) is 5.83. The molecule has 1 atom stereocenters. The lowest BCUT2D eigenvalue weighted by Crippen LogP contribution is -2.29. The van der Waals surface area contributed by atoms with Crippen molar-refractivity contribution in [2.45, 2.75) is 12.5 Å². The molecule has 1 unspecified atom stereocenters. The minimum Gasteiger partial charge on any atom is -0.316 e. The van der Waals surface area contributed by atoms with Gasteiger partial charge in [-0.05, 0) is 37.4 Å². The summed E-state index contributed by atoms with van der Waals surface area (Å²) in [7, 11) is 1.98. The molecule has 1 nitrogen and oxygen atoms in total. The second-order valence-corrected chi connectivity index (χ2v) is 5.12. The number of hydrogen-bond acceptors (Lipinski definition) is 2. The van der Waals surface area contributed by atoms with E-state index in [1.54, 1.807) is 0 Å². The number of nitrogens with one attached hydrogen (secondary N) is 1. The highest BCUT2D eigenvalue weighted by Gasteiger charge is 2.07. The summed E-state index contributed by atoms with van der Waals surface area (Å²) in [6, 6.07) is 6.30. The fourth-order valence-electron chi connectivity index (χ4n) is 1.40. The molecule has 1 aromatic carbocycles. The molecule has 0 saturated heterocycles. The molecule has 1 aromatic rings. The van der Waals surface area contributed by atoms with Gasteiger partial charge in [0.25, 0.3) is 0 Å². The van der Waals surface area contributed by atoms with Crippen molar-refractivity contribution in [3.63, 3.8) is 0 Å². The zero-order valence-electron chi connectivity index (χ0n) is 8.89. The summed E-state index contributed by atoms with van der Waals surface area (Å²) in [6.07, 6.45) is 3.09. The van der Waals surface area contributed by atoms with Crippen molar-refractivity contribution < 1.29 is 0 Å². The average Bonchev–Trinajstić information content (AvgIpc) is 2.23. The fourth-order valence-corrected chi connectivity index (χ4v) is 2.40. The summed E-state index contributed by atoms with van der Waals surface area (Å²) in [4.78, 5) is 0. The largest absolute Gasteiger partial charge is 0.316 e. The first-order valence-electron chi connectivity index (χ1n) is 4.77. The molecule has 0 spiro atoms. The second kappa shape index (κ2) is 6.64. The van der Waals surface area contributed by atoms with Crippen LogP contribution in [0, 0.1) is 0 Å². The van der Waals surface area contributed by atoms with Crippen LogP contribution < -0.4 is 5.32 Å². The van der Waals surface area contributed by atoms with Gasteiger partial charge in [-0.3, -0.25) is 0 Å². The first kappa shape index (κ1) is 13.2. The Morgan fingerprint density at radius 2 is 2.07 bits per heavy atom. The first-order chi connectivity index (χ1) is 7.17. The molecule has 0 aliphatic heterocycles. The number of rotatable bonds is 5. The Balaban J connectivity index is 2.66. The summed E-state index contributed by atoms with van der Waals surface area (Å²) in [5, 5.41) is 4.54.